The minimum atomic E-state index is -0.180. The van der Waals surface area contributed by atoms with Crippen molar-refractivity contribution in [1.82, 2.24) is 14.5 Å². The normalized spacial score (nSPS) is 19.8. The van der Waals surface area contributed by atoms with E-state index in [-0.39, 0.29) is 11.9 Å². The van der Waals surface area contributed by atoms with Gasteiger partial charge in [0.25, 0.3) is 0 Å². The summed E-state index contributed by atoms with van der Waals surface area (Å²) in [5.74, 6) is 2.53. The largest absolute Gasteiger partial charge is 0.497 e. The second-order valence-corrected chi connectivity index (χ2v) is 6.08. The summed E-state index contributed by atoms with van der Waals surface area (Å²) in [5, 5.41) is 0. The number of methoxy groups -OCH3 is 1. The monoisotopic (exact) mass is 325 g/mol. The van der Waals surface area contributed by atoms with Gasteiger partial charge in [0.1, 0.15) is 30.0 Å². The van der Waals surface area contributed by atoms with Crippen molar-refractivity contribution >= 4 is 17.6 Å². The van der Waals surface area contributed by atoms with E-state index >= 15 is 0 Å². The van der Waals surface area contributed by atoms with Crippen molar-refractivity contribution in [2.45, 2.75) is 12.5 Å². The number of aromatic nitrogens is 2. The van der Waals surface area contributed by atoms with Crippen molar-refractivity contribution in [2.24, 2.45) is 0 Å². The molecule has 124 valence electrons. The highest BCUT2D eigenvalue weighted by Crippen LogP contribution is 2.34. The first kappa shape index (κ1) is 14.8. The van der Waals surface area contributed by atoms with E-state index in [0.717, 1.165) is 41.4 Å². The fourth-order valence-corrected chi connectivity index (χ4v) is 3.29. The fourth-order valence-electron chi connectivity index (χ4n) is 3.29. The molecule has 0 saturated carbocycles. The van der Waals surface area contributed by atoms with Crippen LogP contribution in [0.25, 0.3) is 11.6 Å². The quantitative estimate of drug-likeness (QED) is 0.868. The Morgan fingerprint density at radius 2 is 2.25 bits per heavy atom. The smallest absolute Gasteiger partial charge is 0.245 e. The maximum Gasteiger partial charge on any atom is 0.245 e. The summed E-state index contributed by atoms with van der Waals surface area (Å²) in [4.78, 5) is 18.6. The molecule has 2 aliphatic rings. The van der Waals surface area contributed by atoms with Gasteiger partial charge in [-0.05, 0) is 30.7 Å². The molecule has 0 aliphatic carbocycles. The number of hydrogen-bond donors (Lipinski definition) is 0. The molecule has 0 bridgehead atoms. The lowest BCUT2D eigenvalue weighted by molar-refractivity contribution is -0.129. The Hall–Kier alpha value is -2.76. The van der Waals surface area contributed by atoms with Gasteiger partial charge in [0, 0.05) is 37.1 Å². The standard InChI is InChI=1S/C18H19N3O3/c1-20-7-5-15(18(20)22)21-8-6-19-17(21)13-9-12-10-14(23-2)3-4-16(12)24-11-13/h3-4,6,8-10,15H,5,7,11H2,1-2H3. The first-order valence-electron chi connectivity index (χ1n) is 7.97. The predicted octanol–water partition coefficient (Wildman–Crippen LogP) is 2.23. The number of imidazole rings is 1. The van der Waals surface area contributed by atoms with E-state index < -0.39 is 0 Å². The Morgan fingerprint density at radius 1 is 1.38 bits per heavy atom. The highest BCUT2D eigenvalue weighted by molar-refractivity contribution is 5.86. The molecule has 1 aromatic heterocycles. The Morgan fingerprint density at radius 3 is 3.00 bits per heavy atom. The predicted molar refractivity (Wildman–Crippen MR) is 89.9 cm³/mol. The second-order valence-electron chi connectivity index (χ2n) is 6.08. The van der Waals surface area contributed by atoms with Gasteiger partial charge in [-0.25, -0.2) is 4.98 Å². The van der Waals surface area contributed by atoms with Gasteiger partial charge in [-0.2, -0.15) is 0 Å². The van der Waals surface area contributed by atoms with Gasteiger partial charge >= 0.3 is 0 Å². The zero-order valence-electron chi connectivity index (χ0n) is 13.7. The highest BCUT2D eigenvalue weighted by atomic mass is 16.5. The van der Waals surface area contributed by atoms with Gasteiger partial charge in [0.2, 0.25) is 5.91 Å². The molecular formula is C18H19N3O3. The van der Waals surface area contributed by atoms with E-state index in [1.54, 1.807) is 18.2 Å². The Labute approximate surface area is 140 Å². The van der Waals surface area contributed by atoms with Crippen LogP contribution in [0.4, 0.5) is 0 Å². The van der Waals surface area contributed by atoms with E-state index in [1.165, 1.54) is 0 Å². The molecule has 0 radical (unpaired) electrons. The lowest BCUT2D eigenvalue weighted by Gasteiger charge is -2.20. The van der Waals surface area contributed by atoms with E-state index in [1.807, 2.05) is 36.0 Å². The molecule has 0 spiro atoms. The second kappa shape index (κ2) is 5.70. The Kier molecular flexibility index (Phi) is 3.52. The zero-order chi connectivity index (χ0) is 16.7. The van der Waals surface area contributed by atoms with Crippen molar-refractivity contribution in [2.75, 3.05) is 27.3 Å². The van der Waals surface area contributed by atoms with Gasteiger partial charge < -0.3 is 18.9 Å². The number of ether oxygens (including phenoxy) is 2. The number of benzene rings is 1. The molecule has 2 aliphatic heterocycles. The number of amides is 1. The third kappa shape index (κ3) is 2.35. The number of likely N-dealkylation sites (tertiary alicyclic amines) is 1. The number of nitrogens with zero attached hydrogens (tertiary/aromatic N) is 3. The molecule has 1 aromatic carbocycles. The summed E-state index contributed by atoms with van der Waals surface area (Å²) in [6.07, 6.45) is 6.47. The van der Waals surface area contributed by atoms with Gasteiger partial charge in [-0.15, -0.1) is 0 Å². The average Bonchev–Trinajstić information content (AvgIpc) is 3.21. The number of carbonyl (C=O) groups excluding carboxylic acids is 1. The minimum Gasteiger partial charge on any atom is -0.497 e. The SMILES string of the molecule is COc1ccc2c(c1)C=C(c1nccn1C1CCN(C)C1=O)CO2. The molecule has 0 N–H and O–H groups in total. The van der Waals surface area contributed by atoms with E-state index in [0.29, 0.717) is 6.61 Å². The molecule has 1 saturated heterocycles. The topological polar surface area (TPSA) is 56.6 Å². The molecule has 24 heavy (non-hydrogen) atoms. The van der Waals surface area contributed by atoms with Crippen LogP contribution in [0.3, 0.4) is 0 Å². The zero-order valence-corrected chi connectivity index (χ0v) is 13.7. The van der Waals surface area contributed by atoms with Crippen molar-refractivity contribution in [3.8, 4) is 11.5 Å². The lowest BCUT2D eigenvalue weighted by atomic mass is 10.1. The van der Waals surface area contributed by atoms with Crippen LogP contribution in [-0.2, 0) is 4.79 Å². The molecule has 4 rings (SSSR count). The number of rotatable bonds is 3. The molecule has 1 atom stereocenters. The average molecular weight is 325 g/mol. The van der Waals surface area contributed by atoms with Crippen LogP contribution in [0.2, 0.25) is 0 Å². The summed E-state index contributed by atoms with van der Waals surface area (Å²) in [6, 6.07) is 5.55. The van der Waals surface area contributed by atoms with Crippen molar-refractivity contribution in [3.63, 3.8) is 0 Å². The summed E-state index contributed by atoms with van der Waals surface area (Å²) >= 11 is 0. The highest BCUT2D eigenvalue weighted by Gasteiger charge is 2.32. The summed E-state index contributed by atoms with van der Waals surface area (Å²) in [6.45, 7) is 1.21. The fraction of sp³-hybridized carbons (Fsp3) is 0.333. The van der Waals surface area contributed by atoms with Crippen LogP contribution >= 0.6 is 0 Å². The van der Waals surface area contributed by atoms with Crippen LogP contribution < -0.4 is 9.47 Å². The summed E-state index contributed by atoms with van der Waals surface area (Å²) < 4.78 is 13.1. The van der Waals surface area contributed by atoms with Crippen molar-refractivity contribution < 1.29 is 14.3 Å². The first-order valence-corrected chi connectivity index (χ1v) is 7.97. The van der Waals surface area contributed by atoms with Gasteiger partial charge in [0.15, 0.2) is 0 Å². The summed E-state index contributed by atoms with van der Waals surface area (Å²) in [5.41, 5.74) is 1.92. The van der Waals surface area contributed by atoms with Crippen molar-refractivity contribution in [3.05, 3.63) is 42.0 Å². The van der Waals surface area contributed by atoms with Crippen molar-refractivity contribution in [1.29, 1.82) is 0 Å². The first-order chi connectivity index (χ1) is 11.7. The number of hydrogen-bond acceptors (Lipinski definition) is 4. The molecular weight excluding hydrogens is 306 g/mol. The van der Waals surface area contributed by atoms with Crippen LogP contribution in [0.5, 0.6) is 11.5 Å². The molecule has 2 aromatic rings. The molecule has 1 amide bonds. The van der Waals surface area contributed by atoms with E-state index in [4.69, 9.17) is 9.47 Å². The Bertz CT molecular complexity index is 825. The molecule has 3 heterocycles. The maximum atomic E-state index is 12.3. The molecule has 6 nitrogen and oxygen atoms in total. The lowest BCUT2D eigenvalue weighted by Crippen LogP contribution is -2.25. The van der Waals surface area contributed by atoms with Crippen LogP contribution in [0.15, 0.2) is 30.6 Å². The number of likely N-dealkylation sites (N-methyl/N-ethyl adjacent to an activating group) is 1. The van der Waals surface area contributed by atoms with Crippen LogP contribution in [0.1, 0.15) is 23.9 Å². The van der Waals surface area contributed by atoms with E-state index in [9.17, 15) is 4.79 Å². The van der Waals surface area contributed by atoms with Gasteiger partial charge in [-0.3, -0.25) is 4.79 Å². The van der Waals surface area contributed by atoms with Gasteiger partial charge in [-0.1, -0.05) is 0 Å². The van der Waals surface area contributed by atoms with Crippen LogP contribution in [-0.4, -0.2) is 47.7 Å². The minimum absolute atomic E-state index is 0.133. The molecule has 1 unspecified atom stereocenters. The number of fused-ring (bicyclic) bond motifs is 1. The van der Waals surface area contributed by atoms with E-state index in [2.05, 4.69) is 11.1 Å². The maximum absolute atomic E-state index is 12.3. The molecule has 6 heteroatoms. The Balaban J connectivity index is 1.71. The third-order valence-corrected chi connectivity index (χ3v) is 4.62. The summed E-state index contributed by atoms with van der Waals surface area (Å²) in [7, 11) is 3.48. The number of carbonyl (C=O) groups is 1. The van der Waals surface area contributed by atoms with Crippen LogP contribution in [0, 0.1) is 0 Å². The van der Waals surface area contributed by atoms with Gasteiger partial charge in [0.05, 0.1) is 7.11 Å². The third-order valence-electron chi connectivity index (χ3n) is 4.62. The molecule has 1 fully saturated rings.